The highest BCUT2D eigenvalue weighted by atomic mass is 16.5. The summed E-state index contributed by atoms with van der Waals surface area (Å²) in [4.78, 5) is 12.1. The first-order chi connectivity index (χ1) is 11.2. The molecule has 1 atom stereocenters. The first kappa shape index (κ1) is 15.2. The highest BCUT2D eigenvalue weighted by molar-refractivity contribution is 5.85. The highest BCUT2D eigenvalue weighted by Gasteiger charge is 2.22. The topological polar surface area (TPSA) is 77.2 Å². The molecule has 1 heterocycles. The number of aromatic nitrogens is 2. The number of ether oxygens (including phenoxy) is 1. The van der Waals surface area contributed by atoms with Gasteiger partial charge in [0.15, 0.2) is 0 Å². The minimum absolute atomic E-state index is 0.285. The molecule has 3 rings (SSSR count). The lowest BCUT2D eigenvalue weighted by atomic mass is 10.0. The van der Waals surface area contributed by atoms with Crippen LogP contribution in [0.15, 0.2) is 46.9 Å². The fraction of sp³-hybridized carbons (Fsp3) is 0.235. The number of benzene rings is 2. The van der Waals surface area contributed by atoms with Crippen LogP contribution in [0.3, 0.4) is 0 Å². The number of carbonyl (C=O) groups is 1. The second kappa shape index (κ2) is 6.58. The number of nitrogens with one attached hydrogen (secondary N) is 1. The predicted octanol–water partition coefficient (Wildman–Crippen LogP) is 2.54. The largest absolute Gasteiger partial charge is 0.468 e. The summed E-state index contributed by atoms with van der Waals surface area (Å²) in [6.45, 7) is 2.01. The van der Waals surface area contributed by atoms with Crippen molar-refractivity contribution in [3.8, 4) is 0 Å². The molecule has 0 radical (unpaired) electrons. The van der Waals surface area contributed by atoms with E-state index in [4.69, 9.17) is 9.15 Å². The quantitative estimate of drug-likeness (QED) is 0.730. The third kappa shape index (κ3) is 3.37. The van der Waals surface area contributed by atoms with Crippen LogP contribution in [0.5, 0.6) is 0 Å². The second-order valence-electron chi connectivity index (χ2n) is 5.16. The van der Waals surface area contributed by atoms with Crippen molar-refractivity contribution >= 4 is 16.7 Å². The van der Waals surface area contributed by atoms with Crippen molar-refractivity contribution in [2.75, 3.05) is 7.11 Å². The van der Waals surface area contributed by atoms with Gasteiger partial charge < -0.3 is 9.15 Å². The van der Waals surface area contributed by atoms with Gasteiger partial charge in [-0.05, 0) is 22.4 Å². The van der Waals surface area contributed by atoms with Gasteiger partial charge in [0, 0.05) is 6.92 Å². The number of carbonyl (C=O) groups excluding carboxylic acids is 1. The molecule has 0 spiro atoms. The molecule has 0 bridgehead atoms. The van der Waals surface area contributed by atoms with E-state index in [1.807, 2.05) is 42.5 Å². The van der Waals surface area contributed by atoms with Gasteiger partial charge in [-0.1, -0.05) is 36.4 Å². The molecule has 0 fully saturated rings. The fourth-order valence-corrected chi connectivity index (χ4v) is 2.44. The van der Waals surface area contributed by atoms with Gasteiger partial charge in [-0.2, -0.15) is 0 Å². The van der Waals surface area contributed by atoms with Gasteiger partial charge in [0.05, 0.1) is 13.7 Å². The molecule has 1 N–H and O–H groups in total. The fourth-order valence-electron chi connectivity index (χ4n) is 2.44. The zero-order chi connectivity index (χ0) is 16.2. The maximum atomic E-state index is 12.1. The summed E-state index contributed by atoms with van der Waals surface area (Å²) in [5, 5.41) is 13.0. The molecule has 0 aliphatic carbocycles. The van der Waals surface area contributed by atoms with Crippen molar-refractivity contribution in [3.63, 3.8) is 0 Å². The van der Waals surface area contributed by atoms with Crippen molar-refractivity contribution in [1.29, 1.82) is 0 Å². The van der Waals surface area contributed by atoms with Crippen molar-refractivity contribution in [3.05, 3.63) is 59.8 Å². The minimum Gasteiger partial charge on any atom is -0.468 e. The summed E-state index contributed by atoms with van der Waals surface area (Å²) >= 11 is 0. The number of fused-ring (bicyclic) bond motifs is 1. The minimum atomic E-state index is -0.600. The Hall–Kier alpha value is -2.73. The lowest BCUT2D eigenvalue weighted by molar-refractivity contribution is -0.143. The van der Waals surface area contributed by atoms with Crippen molar-refractivity contribution in [1.82, 2.24) is 15.5 Å². The average Bonchev–Trinajstić information content (AvgIpc) is 3.00. The maximum Gasteiger partial charge on any atom is 0.327 e. The van der Waals surface area contributed by atoms with Gasteiger partial charge in [-0.25, -0.2) is 4.79 Å². The summed E-state index contributed by atoms with van der Waals surface area (Å²) in [6, 6.07) is 13.3. The number of nitrogens with zero attached hydrogens (tertiary/aromatic N) is 2. The van der Waals surface area contributed by atoms with Crippen molar-refractivity contribution in [2.24, 2.45) is 0 Å². The Morgan fingerprint density at radius 2 is 2.00 bits per heavy atom. The third-order valence-corrected chi connectivity index (χ3v) is 3.57. The van der Waals surface area contributed by atoms with Crippen LogP contribution >= 0.6 is 0 Å². The molecule has 6 heteroatoms. The molecule has 0 aliphatic rings. The Labute approximate surface area is 133 Å². The van der Waals surface area contributed by atoms with Gasteiger partial charge in [-0.3, -0.25) is 5.32 Å². The van der Waals surface area contributed by atoms with E-state index in [0.717, 1.165) is 16.3 Å². The van der Waals surface area contributed by atoms with Crippen molar-refractivity contribution in [2.45, 2.75) is 19.5 Å². The van der Waals surface area contributed by atoms with Crippen LogP contribution in [0.2, 0.25) is 0 Å². The van der Waals surface area contributed by atoms with Crippen LogP contribution < -0.4 is 5.32 Å². The molecule has 0 saturated heterocycles. The van der Waals surface area contributed by atoms with Crippen LogP contribution in [0.4, 0.5) is 0 Å². The summed E-state index contributed by atoms with van der Waals surface area (Å²) in [7, 11) is 1.37. The Morgan fingerprint density at radius 3 is 2.70 bits per heavy atom. The average molecular weight is 311 g/mol. The van der Waals surface area contributed by atoms with Gasteiger partial charge in [0.1, 0.15) is 6.04 Å². The van der Waals surface area contributed by atoms with E-state index in [0.29, 0.717) is 11.8 Å². The lowest BCUT2D eigenvalue weighted by Gasteiger charge is -2.16. The molecule has 1 aromatic heterocycles. The number of hydrogen-bond donors (Lipinski definition) is 1. The smallest absolute Gasteiger partial charge is 0.327 e. The number of esters is 1. The summed E-state index contributed by atoms with van der Waals surface area (Å²) < 4.78 is 10.2. The summed E-state index contributed by atoms with van der Waals surface area (Å²) in [6.07, 6.45) is 0. The zero-order valence-corrected chi connectivity index (χ0v) is 12.9. The van der Waals surface area contributed by atoms with E-state index in [-0.39, 0.29) is 12.5 Å². The molecule has 0 unspecified atom stereocenters. The molecule has 0 saturated carbocycles. The molecule has 2 aromatic carbocycles. The van der Waals surface area contributed by atoms with Gasteiger partial charge >= 0.3 is 5.97 Å². The number of aryl methyl sites for hydroxylation is 1. The SMILES string of the molecule is COC(=O)[C@@H](NCc1nnc(C)o1)c1ccc2ccccc2c1. The van der Waals surface area contributed by atoms with E-state index < -0.39 is 6.04 Å². The van der Waals surface area contributed by atoms with E-state index in [1.54, 1.807) is 6.92 Å². The predicted molar refractivity (Wildman–Crippen MR) is 84.6 cm³/mol. The molecule has 0 amide bonds. The van der Waals surface area contributed by atoms with E-state index in [1.165, 1.54) is 7.11 Å². The Kier molecular flexibility index (Phi) is 4.34. The molecule has 3 aromatic rings. The number of rotatable bonds is 5. The van der Waals surface area contributed by atoms with E-state index in [9.17, 15) is 4.79 Å². The summed E-state index contributed by atoms with van der Waals surface area (Å²) in [5.41, 5.74) is 0.826. The van der Waals surface area contributed by atoms with Crippen molar-refractivity contribution < 1.29 is 13.9 Å². The van der Waals surface area contributed by atoms with Gasteiger partial charge in [-0.15, -0.1) is 10.2 Å². The standard InChI is InChI=1S/C17H17N3O3/c1-11-19-20-15(23-11)10-18-16(17(21)22-2)14-8-7-12-5-3-4-6-13(12)9-14/h3-9,16,18H,10H2,1-2H3/t16-/m0/s1. The number of hydrogen-bond acceptors (Lipinski definition) is 6. The molecule has 6 nitrogen and oxygen atoms in total. The van der Waals surface area contributed by atoms with Crippen LogP contribution in [0.1, 0.15) is 23.4 Å². The van der Waals surface area contributed by atoms with Crippen LogP contribution in [0, 0.1) is 6.92 Å². The first-order valence-corrected chi connectivity index (χ1v) is 7.26. The van der Waals surface area contributed by atoms with Gasteiger partial charge in [0.25, 0.3) is 0 Å². The first-order valence-electron chi connectivity index (χ1n) is 7.26. The molecule has 0 aliphatic heterocycles. The van der Waals surface area contributed by atoms with E-state index >= 15 is 0 Å². The zero-order valence-electron chi connectivity index (χ0n) is 12.9. The molecule has 23 heavy (non-hydrogen) atoms. The number of methoxy groups -OCH3 is 1. The van der Waals surface area contributed by atoms with Crippen LogP contribution in [-0.2, 0) is 16.1 Å². The molecule has 118 valence electrons. The highest BCUT2D eigenvalue weighted by Crippen LogP contribution is 2.21. The maximum absolute atomic E-state index is 12.1. The Bertz CT molecular complexity index is 829. The Balaban J connectivity index is 1.86. The molecular formula is C17H17N3O3. The second-order valence-corrected chi connectivity index (χ2v) is 5.16. The van der Waals surface area contributed by atoms with Crippen LogP contribution in [0.25, 0.3) is 10.8 Å². The normalized spacial score (nSPS) is 12.3. The lowest BCUT2D eigenvalue weighted by Crippen LogP contribution is -2.29. The summed E-state index contributed by atoms with van der Waals surface area (Å²) in [5.74, 6) is 0.552. The van der Waals surface area contributed by atoms with Crippen LogP contribution in [-0.4, -0.2) is 23.3 Å². The third-order valence-electron chi connectivity index (χ3n) is 3.57. The Morgan fingerprint density at radius 1 is 1.22 bits per heavy atom. The molecular weight excluding hydrogens is 294 g/mol. The van der Waals surface area contributed by atoms with E-state index in [2.05, 4.69) is 15.5 Å². The van der Waals surface area contributed by atoms with Gasteiger partial charge in [0.2, 0.25) is 11.8 Å². The monoisotopic (exact) mass is 311 g/mol.